The average Bonchev–Trinajstić information content (AvgIpc) is 2.54. The van der Waals surface area contributed by atoms with Gasteiger partial charge in [-0.05, 0) is 12.8 Å². The summed E-state index contributed by atoms with van der Waals surface area (Å²) in [5.74, 6) is -2.39. The summed E-state index contributed by atoms with van der Waals surface area (Å²) in [5.41, 5.74) is 0. The third-order valence-corrected chi connectivity index (χ3v) is 3.62. The minimum atomic E-state index is -0.922. The van der Waals surface area contributed by atoms with Crippen molar-refractivity contribution in [3.8, 4) is 0 Å². The fraction of sp³-hybridized carbons (Fsp3) is 0.750. The molecular formula is C12H17NO5. The summed E-state index contributed by atoms with van der Waals surface area (Å²) in [4.78, 5) is 36.0. The van der Waals surface area contributed by atoms with Crippen LogP contribution in [0, 0.1) is 5.92 Å². The zero-order chi connectivity index (χ0) is 13.1. The fourth-order valence-electron chi connectivity index (χ4n) is 2.76. The molecular weight excluding hydrogens is 238 g/mol. The maximum Gasteiger partial charge on any atom is 0.308 e. The smallest absolute Gasteiger partial charge is 0.308 e. The number of imide groups is 1. The summed E-state index contributed by atoms with van der Waals surface area (Å²) < 4.78 is 4.85. The Bertz CT molecular complexity index is 351. The van der Waals surface area contributed by atoms with E-state index in [1.165, 1.54) is 0 Å². The van der Waals surface area contributed by atoms with Gasteiger partial charge < -0.3 is 9.84 Å². The van der Waals surface area contributed by atoms with Gasteiger partial charge >= 0.3 is 5.97 Å². The molecule has 6 heteroatoms. The molecule has 1 saturated carbocycles. The number of aliphatic carboxylic acids is 1. The third-order valence-electron chi connectivity index (χ3n) is 3.62. The Balaban J connectivity index is 2.22. The number of morpholine rings is 1. The van der Waals surface area contributed by atoms with E-state index in [2.05, 4.69) is 0 Å². The Morgan fingerprint density at radius 2 is 1.72 bits per heavy atom. The highest BCUT2D eigenvalue weighted by Crippen LogP contribution is 2.28. The van der Waals surface area contributed by atoms with Crippen LogP contribution in [0.25, 0.3) is 0 Å². The normalized spacial score (nSPS) is 30.1. The van der Waals surface area contributed by atoms with Crippen LogP contribution in [0.2, 0.25) is 0 Å². The summed E-state index contributed by atoms with van der Waals surface area (Å²) in [6.45, 7) is -0.261. The Morgan fingerprint density at radius 3 is 2.33 bits per heavy atom. The van der Waals surface area contributed by atoms with Crippen LogP contribution in [0.15, 0.2) is 0 Å². The monoisotopic (exact) mass is 255 g/mol. The molecule has 2 atom stereocenters. The minimum Gasteiger partial charge on any atom is -0.481 e. The van der Waals surface area contributed by atoms with Gasteiger partial charge in [0.2, 0.25) is 0 Å². The van der Waals surface area contributed by atoms with Crippen LogP contribution in [0.1, 0.15) is 32.1 Å². The second-order valence-electron chi connectivity index (χ2n) is 4.80. The molecule has 1 aliphatic carbocycles. The molecule has 0 bridgehead atoms. The van der Waals surface area contributed by atoms with E-state index in [1.807, 2.05) is 0 Å². The highest BCUT2D eigenvalue weighted by atomic mass is 16.5. The SMILES string of the molecule is O=C(O)C1CCCCCC1N1C(=O)COCC1=O. The van der Waals surface area contributed by atoms with Gasteiger partial charge in [-0.15, -0.1) is 0 Å². The van der Waals surface area contributed by atoms with Gasteiger partial charge in [0.1, 0.15) is 13.2 Å². The molecule has 2 unspecified atom stereocenters. The number of ether oxygens (including phenoxy) is 1. The van der Waals surface area contributed by atoms with Crippen LogP contribution in [-0.2, 0) is 19.1 Å². The van der Waals surface area contributed by atoms with Gasteiger partial charge in [-0.25, -0.2) is 0 Å². The zero-order valence-corrected chi connectivity index (χ0v) is 10.1. The molecule has 0 spiro atoms. The van der Waals surface area contributed by atoms with E-state index in [9.17, 15) is 19.5 Å². The highest BCUT2D eigenvalue weighted by molar-refractivity contribution is 5.99. The Labute approximate surface area is 105 Å². The molecule has 6 nitrogen and oxygen atoms in total. The van der Waals surface area contributed by atoms with Gasteiger partial charge in [0, 0.05) is 0 Å². The first-order chi connectivity index (χ1) is 8.61. The molecule has 0 aromatic carbocycles. The number of nitrogens with zero attached hydrogens (tertiary/aromatic N) is 1. The number of amides is 2. The topological polar surface area (TPSA) is 83.9 Å². The van der Waals surface area contributed by atoms with Crippen LogP contribution in [0.3, 0.4) is 0 Å². The van der Waals surface area contributed by atoms with Crippen molar-refractivity contribution in [2.75, 3.05) is 13.2 Å². The van der Waals surface area contributed by atoms with Crippen molar-refractivity contribution in [2.45, 2.75) is 38.1 Å². The molecule has 2 amide bonds. The van der Waals surface area contributed by atoms with Gasteiger partial charge in [0.25, 0.3) is 11.8 Å². The molecule has 1 heterocycles. The zero-order valence-electron chi connectivity index (χ0n) is 10.1. The Hall–Kier alpha value is -1.43. The lowest BCUT2D eigenvalue weighted by Gasteiger charge is -2.35. The highest BCUT2D eigenvalue weighted by Gasteiger charge is 2.40. The summed E-state index contributed by atoms with van der Waals surface area (Å²) in [6, 6.07) is -0.506. The number of carbonyl (C=O) groups excluding carboxylic acids is 2. The lowest BCUT2D eigenvalue weighted by molar-refractivity contribution is -0.165. The van der Waals surface area contributed by atoms with E-state index in [-0.39, 0.29) is 13.2 Å². The summed E-state index contributed by atoms with van der Waals surface area (Å²) >= 11 is 0. The summed E-state index contributed by atoms with van der Waals surface area (Å²) in [5, 5.41) is 9.26. The molecule has 1 aliphatic heterocycles. The minimum absolute atomic E-state index is 0.130. The number of rotatable bonds is 2. The van der Waals surface area contributed by atoms with E-state index >= 15 is 0 Å². The van der Waals surface area contributed by atoms with Crippen molar-refractivity contribution in [2.24, 2.45) is 5.92 Å². The standard InChI is InChI=1S/C12H17NO5/c14-10-6-18-7-11(15)13(10)9-5-3-1-2-4-8(9)12(16)17/h8-9H,1-7H2,(H,16,17). The summed E-state index contributed by atoms with van der Waals surface area (Å²) in [7, 11) is 0. The number of carbonyl (C=O) groups is 3. The largest absolute Gasteiger partial charge is 0.481 e. The lowest BCUT2D eigenvalue weighted by atomic mass is 9.93. The van der Waals surface area contributed by atoms with Crippen LogP contribution in [0.5, 0.6) is 0 Å². The maximum absolute atomic E-state index is 11.8. The van der Waals surface area contributed by atoms with Gasteiger partial charge in [-0.3, -0.25) is 19.3 Å². The second kappa shape index (κ2) is 5.48. The second-order valence-corrected chi connectivity index (χ2v) is 4.80. The van der Waals surface area contributed by atoms with Crippen molar-refractivity contribution in [3.05, 3.63) is 0 Å². The van der Waals surface area contributed by atoms with Crippen molar-refractivity contribution < 1.29 is 24.2 Å². The van der Waals surface area contributed by atoms with Crippen molar-refractivity contribution in [1.29, 1.82) is 0 Å². The van der Waals surface area contributed by atoms with Crippen LogP contribution >= 0.6 is 0 Å². The van der Waals surface area contributed by atoms with E-state index in [0.717, 1.165) is 24.2 Å². The molecule has 1 N–H and O–H groups in total. The Morgan fingerprint density at radius 1 is 1.11 bits per heavy atom. The molecule has 0 aromatic heterocycles. The molecule has 2 fully saturated rings. The predicted octanol–water partition coefficient (Wildman–Crippen LogP) is 0.405. The van der Waals surface area contributed by atoms with Gasteiger partial charge in [-0.1, -0.05) is 19.3 Å². The van der Waals surface area contributed by atoms with Crippen LogP contribution < -0.4 is 0 Å². The molecule has 2 rings (SSSR count). The molecule has 0 aromatic rings. The first kappa shape index (κ1) is 13.0. The van der Waals surface area contributed by atoms with Crippen LogP contribution in [0.4, 0.5) is 0 Å². The predicted molar refractivity (Wildman–Crippen MR) is 60.7 cm³/mol. The third kappa shape index (κ3) is 2.53. The number of carboxylic acids is 1. The number of hydrogen-bond acceptors (Lipinski definition) is 4. The van der Waals surface area contributed by atoms with E-state index in [4.69, 9.17) is 4.74 Å². The molecule has 100 valence electrons. The number of hydrogen-bond donors (Lipinski definition) is 1. The molecule has 18 heavy (non-hydrogen) atoms. The van der Waals surface area contributed by atoms with Gasteiger partial charge in [0.05, 0.1) is 12.0 Å². The molecule has 0 radical (unpaired) electrons. The van der Waals surface area contributed by atoms with Gasteiger partial charge in [0.15, 0.2) is 0 Å². The van der Waals surface area contributed by atoms with Crippen LogP contribution in [-0.4, -0.2) is 47.0 Å². The maximum atomic E-state index is 11.8. The Kier molecular flexibility index (Phi) is 3.96. The molecule has 2 aliphatic rings. The van der Waals surface area contributed by atoms with Crippen molar-refractivity contribution in [1.82, 2.24) is 4.90 Å². The average molecular weight is 255 g/mol. The van der Waals surface area contributed by atoms with E-state index < -0.39 is 29.7 Å². The number of carboxylic acid groups (broad SMARTS) is 1. The summed E-state index contributed by atoms with van der Waals surface area (Å²) in [6.07, 6.45) is 3.74. The first-order valence-electron chi connectivity index (χ1n) is 6.26. The van der Waals surface area contributed by atoms with Crippen molar-refractivity contribution >= 4 is 17.8 Å². The fourth-order valence-corrected chi connectivity index (χ4v) is 2.76. The quantitative estimate of drug-likeness (QED) is 0.570. The first-order valence-corrected chi connectivity index (χ1v) is 6.26. The lowest BCUT2D eigenvalue weighted by Crippen LogP contribution is -2.54. The van der Waals surface area contributed by atoms with E-state index in [1.54, 1.807) is 0 Å². The van der Waals surface area contributed by atoms with Crippen molar-refractivity contribution in [3.63, 3.8) is 0 Å². The molecule has 1 saturated heterocycles. The van der Waals surface area contributed by atoms with E-state index in [0.29, 0.717) is 12.8 Å². The van der Waals surface area contributed by atoms with Gasteiger partial charge in [-0.2, -0.15) is 0 Å².